The van der Waals surface area contributed by atoms with Crippen LogP contribution in [0.1, 0.15) is 15.9 Å². The number of anilines is 1. The number of amides is 1. The molecule has 1 saturated heterocycles. The molecular formula is C22H28ClN3O5S. The quantitative estimate of drug-likeness (QED) is 0.605. The Bertz CT molecular complexity index is 1070. The first kappa shape index (κ1) is 24.2. The molecule has 0 unspecified atom stereocenters. The van der Waals surface area contributed by atoms with Crippen molar-refractivity contribution in [3.05, 3.63) is 52.5 Å². The minimum Gasteiger partial charge on any atom is -0.493 e. The van der Waals surface area contributed by atoms with Gasteiger partial charge >= 0.3 is 0 Å². The first-order chi connectivity index (χ1) is 15.1. The normalized spacial score (nSPS) is 14.8. The van der Waals surface area contributed by atoms with E-state index in [1.807, 2.05) is 7.05 Å². The summed E-state index contributed by atoms with van der Waals surface area (Å²) >= 11 is 5.98. The van der Waals surface area contributed by atoms with Gasteiger partial charge in [0.05, 0.1) is 38.3 Å². The van der Waals surface area contributed by atoms with Crippen LogP contribution in [-0.2, 0) is 16.6 Å². The fourth-order valence-corrected chi connectivity index (χ4v) is 4.58. The van der Waals surface area contributed by atoms with E-state index in [1.165, 1.54) is 18.5 Å². The SMILES string of the molecule is COc1cc(C(=O)N2CCN(C)CC2)c(N(Cc2ccc(Cl)cc2)S(C)(=O)=O)cc1OC. The van der Waals surface area contributed by atoms with Crippen LogP contribution < -0.4 is 13.8 Å². The maximum atomic E-state index is 13.5. The average Bonchev–Trinajstić information content (AvgIpc) is 2.77. The Morgan fingerprint density at radius 3 is 2.12 bits per heavy atom. The lowest BCUT2D eigenvalue weighted by Gasteiger charge is -2.34. The summed E-state index contributed by atoms with van der Waals surface area (Å²) in [6.45, 7) is 2.64. The monoisotopic (exact) mass is 481 g/mol. The third kappa shape index (κ3) is 5.46. The Hall–Kier alpha value is -2.49. The van der Waals surface area contributed by atoms with Gasteiger partial charge in [-0.15, -0.1) is 0 Å². The molecule has 3 rings (SSSR count). The van der Waals surface area contributed by atoms with Crippen molar-refractivity contribution in [3.63, 3.8) is 0 Å². The highest BCUT2D eigenvalue weighted by atomic mass is 35.5. The zero-order valence-electron chi connectivity index (χ0n) is 18.7. The highest BCUT2D eigenvalue weighted by Crippen LogP contribution is 2.37. The molecule has 2 aromatic rings. The molecule has 0 atom stereocenters. The van der Waals surface area contributed by atoms with Crippen molar-refractivity contribution >= 4 is 33.2 Å². The molecule has 174 valence electrons. The number of hydrogen-bond acceptors (Lipinski definition) is 6. The third-order valence-corrected chi connectivity index (χ3v) is 6.81. The third-order valence-electron chi connectivity index (χ3n) is 5.43. The number of carbonyl (C=O) groups excluding carboxylic acids is 1. The summed E-state index contributed by atoms with van der Waals surface area (Å²) in [6.07, 6.45) is 1.11. The lowest BCUT2D eigenvalue weighted by atomic mass is 10.1. The van der Waals surface area contributed by atoms with E-state index >= 15 is 0 Å². The second-order valence-electron chi connectivity index (χ2n) is 7.72. The number of halogens is 1. The first-order valence-electron chi connectivity index (χ1n) is 10.1. The minimum absolute atomic E-state index is 0.0362. The minimum atomic E-state index is -3.74. The van der Waals surface area contributed by atoms with Crippen molar-refractivity contribution < 1.29 is 22.7 Å². The average molecular weight is 482 g/mol. The molecule has 1 aliphatic rings. The summed E-state index contributed by atoms with van der Waals surface area (Å²) in [7, 11) is 1.20. The van der Waals surface area contributed by atoms with E-state index < -0.39 is 10.0 Å². The van der Waals surface area contributed by atoms with E-state index in [0.717, 1.165) is 24.9 Å². The molecule has 1 amide bonds. The van der Waals surface area contributed by atoms with E-state index in [0.29, 0.717) is 29.6 Å². The Labute approximate surface area is 194 Å². The Morgan fingerprint density at radius 2 is 1.59 bits per heavy atom. The van der Waals surface area contributed by atoms with Gasteiger partial charge in [0, 0.05) is 37.3 Å². The largest absolute Gasteiger partial charge is 0.493 e. The number of nitrogens with zero attached hydrogens (tertiary/aromatic N) is 3. The van der Waals surface area contributed by atoms with Gasteiger partial charge in [-0.25, -0.2) is 8.42 Å². The fraction of sp³-hybridized carbons (Fsp3) is 0.409. The number of likely N-dealkylation sites (N-methyl/N-ethyl adjacent to an activating group) is 1. The standard InChI is InChI=1S/C22H28ClN3O5S/c1-24-9-11-25(12-10-24)22(27)18-13-20(30-2)21(31-3)14-19(18)26(32(4,28)29)15-16-5-7-17(23)8-6-16/h5-8,13-14H,9-12,15H2,1-4H3. The predicted octanol–water partition coefficient (Wildman–Crippen LogP) is 2.71. The van der Waals surface area contributed by atoms with Gasteiger partial charge in [0.15, 0.2) is 11.5 Å². The highest BCUT2D eigenvalue weighted by molar-refractivity contribution is 7.92. The molecule has 0 spiro atoms. The van der Waals surface area contributed by atoms with Gasteiger partial charge < -0.3 is 19.3 Å². The van der Waals surface area contributed by atoms with Crippen LogP contribution in [0.15, 0.2) is 36.4 Å². The van der Waals surface area contributed by atoms with Crippen molar-refractivity contribution in [2.45, 2.75) is 6.54 Å². The number of hydrogen-bond donors (Lipinski definition) is 0. The van der Waals surface area contributed by atoms with E-state index in [9.17, 15) is 13.2 Å². The Balaban J connectivity index is 2.11. The van der Waals surface area contributed by atoms with E-state index in [2.05, 4.69) is 4.90 Å². The van der Waals surface area contributed by atoms with Gasteiger partial charge in [0.2, 0.25) is 10.0 Å². The molecule has 1 fully saturated rings. The molecule has 8 nitrogen and oxygen atoms in total. The number of methoxy groups -OCH3 is 2. The lowest BCUT2D eigenvalue weighted by molar-refractivity contribution is 0.0664. The summed E-state index contributed by atoms with van der Waals surface area (Å²) in [5.41, 5.74) is 1.21. The number of rotatable bonds is 7. The predicted molar refractivity (Wildman–Crippen MR) is 125 cm³/mol. The molecule has 1 aliphatic heterocycles. The van der Waals surface area contributed by atoms with Crippen molar-refractivity contribution in [1.29, 1.82) is 0 Å². The zero-order chi connectivity index (χ0) is 23.5. The molecule has 0 radical (unpaired) electrons. The summed E-state index contributed by atoms with van der Waals surface area (Å²) in [5, 5.41) is 0.553. The van der Waals surface area contributed by atoms with Crippen molar-refractivity contribution in [1.82, 2.24) is 9.80 Å². The summed E-state index contributed by atoms with van der Waals surface area (Å²) in [4.78, 5) is 17.4. The maximum Gasteiger partial charge on any atom is 0.256 e. The summed E-state index contributed by atoms with van der Waals surface area (Å²) in [6, 6.07) is 9.99. The molecule has 0 N–H and O–H groups in total. The van der Waals surface area contributed by atoms with Gasteiger partial charge in [-0.1, -0.05) is 23.7 Å². The Morgan fingerprint density at radius 1 is 1.03 bits per heavy atom. The number of sulfonamides is 1. The molecule has 32 heavy (non-hydrogen) atoms. The first-order valence-corrected chi connectivity index (χ1v) is 12.3. The van der Waals surface area contributed by atoms with Crippen LogP contribution in [0.3, 0.4) is 0 Å². The number of ether oxygens (including phenoxy) is 2. The van der Waals surface area contributed by atoms with Crippen LogP contribution in [0.2, 0.25) is 5.02 Å². The molecule has 0 saturated carbocycles. The van der Waals surface area contributed by atoms with Crippen LogP contribution >= 0.6 is 11.6 Å². The van der Waals surface area contributed by atoms with Crippen LogP contribution in [0.25, 0.3) is 0 Å². The van der Waals surface area contributed by atoms with Crippen LogP contribution in [0.4, 0.5) is 5.69 Å². The molecule has 1 heterocycles. The number of benzene rings is 2. The van der Waals surface area contributed by atoms with Gasteiger partial charge in [-0.2, -0.15) is 0 Å². The highest BCUT2D eigenvalue weighted by Gasteiger charge is 2.29. The van der Waals surface area contributed by atoms with Gasteiger partial charge in [-0.3, -0.25) is 9.10 Å². The second-order valence-corrected chi connectivity index (χ2v) is 10.1. The van der Waals surface area contributed by atoms with Crippen molar-refractivity contribution in [3.8, 4) is 11.5 Å². The van der Waals surface area contributed by atoms with Crippen LogP contribution in [0.5, 0.6) is 11.5 Å². The zero-order valence-corrected chi connectivity index (χ0v) is 20.2. The number of piperazine rings is 1. The maximum absolute atomic E-state index is 13.5. The van der Waals surface area contributed by atoms with E-state index in [-0.39, 0.29) is 23.7 Å². The van der Waals surface area contributed by atoms with E-state index in [4.69, 9.17) is 21.1 Å². The van der Waals surface area contributed by atoms with E-state index in [1.54, 1.807) is 41.3 Å². The fourth-order valence-electron chi connectivity index (χ4n) is 3.56. The summed E-state index contributed by atoms with van der Waals surface area (Å²) < 4.78 is 37.7. The Kier molecular flexibility index (Phi) is 7.53. The van der Waals surface area contributed by atoms with Crippen molar-refractivity contribution in [2.75, 3.05) is 58.0 Å². The summed E-state index contributed by atoms with van der Waals surface area (Å²) in [5.74, 6) is 0.440. The molecule has 0 bridgehead atoms. The second kappa shape index (κ2) is 9.97. The van der Waals surface area contributed by atoms with Crippen LogP contribution in [-0.4, -0.2) is 77.8 Å². The topological polar surface area (TPSA) is 79.4 Å². The molecule has 10 heteroatoms. The molecule has 0 aromatic heterocycles. The molecule has 0 aliphatic carbocycles. The molecule has 2 aromatic carbocycles. The lowest BCUT2D eigenvalue weighted by Crippen LogP contribution is -2.47. The van der Waals surface area contributed by atoms with Gasteiger partial charge in [0.1, 0.15) is 0 Å². The van der Waals surface area contributed by atoms with Crippen molar-refractivity contribution in [2.24, 2.45) is 0 Å². The number of carbonyl (C=O) groups is 1. The smallest absolute Gasteiger partial charge is 0.256 e. The van der Waals surface area contributed by atoms with Gasteiger partial charge in [0.25, 0.3) is 5.91 Å². The molecular weight excluding hydrogens is 454 g/mol. The van der Waals surface area contributed by atoms with Crippen LogP contribution in [0, 0.1) is 0 Å². The van der Waals surface area contributed by atoms with Gasteiger partial charge in [-0.05, 0) is 30.8 Å².